The fourth-order valence-electron chi connectivity index (χ4n) is 1.82. The molecule has 0 saturated heterocycles. The number of rotatable bonds is 5. The van der Waals surface area contributed by atoms with Crippen LogP contribution in [-0.4, -0.2) is 30.4 Å². The second kappa shape index (κ2) is 8.90. The van der Waals surface area contributed by atoms with E-state index < -0.39 is 17.7 Å². The molecular formula is C17H25N3O4. The van der Waals surface area contributed by atoms with Gasteiger partial charge >= 0.3 is 11.8 Å². The zero-order valence-corrected chi connectivity index (χ0v) is 14.7. The van der Waals surface area contributed by atoms with E-state index in [2.05, 4.69) is 24.6 Å². The second-order valence-corrected chi connectivity index (χ2v) is 6.10. The molecule has 0 saturated carbocycles. The molecule has 3 N–H and O–H groups in total. The summed E-state index contributed by atoms with van der Waals surface area (Å²) in [5.41, 5.74) is 6.19. The van der Waals surface area contributed by atoms with Gasteiger partial charge in [0, 0.05) is 6.04 Å². The van der Waals surface area contributed by atoms with E-state index in [4.69, 9.17) is 4.74 Å². The van der Waals surface area contributed by atoms with Crippen LogP contribution in [0.1, 0.15) is 44.7 Å². The number of amides is 3. The van der Waals surface area contributed by atoms with E-state index in [9.17, 15) is 14.4 Å². The Balaban J connectivity index is 2.48. The van der Waals surface area contributed by atoms with Crippen LogP contribution in [0.15, 0.2) is 18.2 Å². The van der Waals surface area contributed by atoms with Crippen molar-refractivity contribution < 1.29 is 19.1 Å². The third kappa shape index (κ3) is 6.28. The molecule has 0 unspecified atom stereocenters. The summed E-state index contributed by atoms with van der Waals surface area (Å²) >= 11 is 0. The molecule has 7 nitrogen and oxygen atoms in total. The predicted octanol–water partition coefficient (Wildman–Crippen LogP) is 1.17. The van der Waals surface area contributed by atoms with Gasteiger partial charge in [-0.15, -0.1) is 0 Å². The van der Waals surface area contributed by atoms with E-state index in [1.807, 2.05) is 30.5 Å². The van der Waals surface area contributed by atoms with Crippen molar-refractivity contribution in [1.82, 2.24) is 16.2 Å². The van der Waals surface area contributed by atoms with Gasteiger partial charge in [-0.3, -0.25) is 25.2 Å². The maximum atomic E-state index is 11.7. The van der Waals surface area contributed by atoms with Gasteiger partial charge < -0.3 is 10.1 Å². The minimum Gasteiger partial charge on any atom is -0.483 e. The summed E-state index contributed by atoms with van der Waals surface area (Å²) < 4.78 is 5.48. The molecule has 7 heteroatoms. The molecule has 0 atom stereocenters. The van der Waals surface area contributed by atoms with Gasteiger partial charge in [-0.25, -0.2) is 0 Å². The zero-order chi connectivity index (χ0) is 18.3. The average Bonchev–Trinajstić information content (AvgIpc) is 2.50. The van der Waals surface area contributed by atoms with Crippen molar-refractivity contribution in [3.63, 3.8) is 0 Å². The van der Waals surface area contributed by atoms with Gasteiger partial charge in [0.25, 0.3) is 5.91 Å². The fraction of sp³-hybridized carbons (Fsp3) is 0.471. The number of hydrogen-bond acceptors (Lipinski definition) is 4. The number of benzene rings is 1. The average molecular weight is 335 g/mol. The van der Waals surface area contributed by atoms with Crippen LogP contribution in [0.4, 0.5) is 0 Å². The SMILES string of the molecule is Cc1ccc(C(C)C)cc1OCC(=O)NNC(=O)C(=O)NC(C)C. The van der Waals surface area contributed by atoms with E-state index >= 15 is 0 Å². The van der Waals surface area contributed by atoms with E-state index in [1.165, 1.54) is 0 Å². The first-order valence-corrected chi connectivity index (χ1v) is 7.83. The second-order valence-electron chi connectivity index (χ2n) is 6.10. The molecule has 0 aliphatic carbocycles. The van der Waals surface area contributed by atoms with Crippen molar-refractivity contribution in [2.45, 2.75) is 46.6 Å². The van der Waals surface area contributed by atoms with Crippen molar-refractivity contribution in [2.24, 2.45) is 0 Å². The molecule has 132 valence electrons. The molecule has 1 aromatic carbocycles. The van der Waals surface area contributed by atoms with E-state index in [1.54, 1.807) is 13.8 Å². The Morgan fingerprint density at radius 2 is 1.71 bits per heavy atom. The molecule has 0 heterocycles. The third-order valence-corrected chi connectivity index (χ3v) is 3.18. The van der Waals surface area contributed by atoms with Crippen molar-refractivity contribution in [3.05, 3.63) is 29.3 Å². The molecule has 3 amide bonds. The summed E-state index contributed by atoms with van der Waals surface area (Å²) in [5.74, 6) is -1.35. The summed E-state index contributed by atoms with van der Waals surface area (Å²) in [7, 11) is 0. The Bertz CT molecular complexity index is 612. The Morgan fingerprint density at radius 1 is 1.04 bits per heavy atom. The largest absolute Gasteiger partial charge is 0.483 e. The van der Waals surface area contributed by atoms with E-state index in [0.717, 1.165) is 11.1 Å². The lowest BCUT2D eigenvalue weighted by Crippen LogP contribution is -2.50. The van der Waals surface area contributed by atoms with Crippen LogP contribution in [0.2, 0.25) is 0 Å². The van der Waals surface area contributed by atoms with E-state index in [-0.39, 0.29) is 12.6 Å². The molecule has 24 heavy (non-hydrogen) atoms. The van der Waals surface area contributed by atoms with Gasteiger partial charge in [0.2, 0.25) is 0 Å². The predicted molar refractivity (Wildman–Crippen MR) is 90.3 cm³/mol. The van der Waals surface area contributed by atoms with Crippen LogP contribution < -0.4 is 20.9 Å². The minimum atomic E-state index is -0.935. The smallest absolute Gasteiger partial charge is 0.327 e. The molecule has 0 aliphatic heterocycles. The third-order valence-electron chi connectivity index (χ3n) is 3.18. The topological polar surface area (TPSA) is 96.5 Å². The number of carbonyl (C=O) groups excluding carboxylic acids is 3. The highest BCUT2D eigenvalue weighted by atomic mass is 16.5. The molecule has 1 aromatic rings. The van der Waals surface area contributed by atoms with Gasteiger partial charge in [-0.1, -0.05) is 26.0 Å². The lowest BCUT2D eigenvalue weighted by Gasteiger charge is -2.13. The molecule has 0 radical (unpaired) electrons. The number of ether oxygens (including phenoxy) is 1. The van der Waals surface area contributed by atoms with Crippen LogP contribution in [0, 0.1) is 6.92 Å². The summed E-state index contributed by atoms with van der Waals surface area (Å²) in [6, 6.07) is 5.67. The molecule has 0 aliphatic rings. The van der Waals surface area contributed by atoms with Crippen molar-refractivity contribution in [2.75, 3.05) is 6.61 Å². The molecule has 0 fully saturated rings. The highest BCUT2D eigenvalue weighted by Gasteiger charge is 2.15. The lowest BCUT2D eigenvalue weighted by molar-refractivity contribution is -0.141. The monoisotopic (exact) mass is 335 g/mol. The summed E-state index contributed by atoms with van der Waals surface area (Å²) in [6.07, 6.45) is 0. The van der Waals surface area contributed by atoms with Crippen LogP contribution in [-0.2, 0) is 14.4 Å². The number of hydrazine groups is 1. The first-order chi connectivity index (χ1) is 11.2. The molecule has 0 aromatic heterocycles. The Hall–Kier alpha value is -2.57. The standard InChI is InChI=1S/C17H25N3O4/c1-10(2)13-7-6-12(5)14(8-13)24-9-15(21)19-20-17(23)16(22)18-11(3)4/h6-8,10-11H,9H2,1-5H3,(H,18,22)(H,19,21)(H,20,23). The first-order valence-electron chi connectivity index (χ1n) is 7.83. The number of carbonyl (C=O) groups is 3. The highest BCUT2D eigenvalue weighted by Crippen LogP contribution is 2.24. The number of hydrogen-bond donors (Lipinski definition) is 3. The van der Waals surface area contributed by atoms with Gasteiger partial charge in [0.1, 0.15) is 5.75 Å². The van der Waals surface area contributed by atoms with Gasteiger partial charge in [-0.2, -0.15) is 0 Å². The van der Waals surface area contributed by atoms with Crippen molar-refractivity contribution >= 4 is 17.7 Å². The Kier molecular flexibility index (Phi) is 7.23. The molecule has 0 bridgehead atoms. The molecule has 0 spiro atoms. The maximum Gasteiger partial charge on any atom is 0.327 e. The van der Waals surface area contributed by atoms with Crippen LogP contribution in [0.5, 0.6) is 5.75 Å². The highest BCUT2D eigenvalue weighted by molar-refractivity contribution is 6.35. The van der Waals surface area contributed by atoms with Gasteiger partial charge in [0.15, 0.2) is 6.61 Å². The fourth-order valence-corrected chi connectivity index (χ4v) is 1.82. The maximum absolute atomic E-state index is 11.7. The number of aryl methyl sites for hydroxylation is 1. The Morgan fingerprint density at radius 3 is 2.29 bits per heavy atom. The van der Waals surface area contributed by atoms with Crippen LogP contribution in [0.3, 0.4) is 0 Å². The lowest BCUT2D eigenvalue weighted by atomic mass is 10.0. The normalized spacial score (nSPS) is 10.5. The first kappa shape index (κ1) is 19.5. The van der Waals surface area contributed by atoms with Crippen molar-refractivity contribution in [3.8, 4) is 5.75 Å². The number of nitrogens with one attached hydrogen (secondary N) is 3. The van der Waals surface area contributed by atoms with E-state index in [0.29, 0.717) is 11.7 Å². The van der Waals surface area contributed by atoms with Crippen LogP contribution in [0.25, 0.3) is 0 Å². The zero-order valence-electron chi connectivity index (χ0n) is 14.7. The summed E-state index contributed by atoms with van der Waals surface area (Å²) in [6.45, 7) is 9.21. The summed E-state index contributed by atoms with van der Waals surface area (Å²) in [4.78, 5) is 34.6. The van der Waals surface area contributed by atoms with Gasteiger partial charge in [-0.05, 0) is 43.9 Å². The minimum absolute atomic E-state index is 0.168. The van der Waals surface area contributed by atoms with Gasteiger partial charge in [0.05, 0.1) is 0 Å². The quantitative estimate of drug-likeness (QED) is 0.556. The molecule has 1 rings (SSSR count). The Labute approximate surface area is 142 Å². The summed E-state index contributed by atoms with van der Waals surface area (Å²) in [5, 5.41) is 2.41. The van der Waals surface area contributed by atoms with Crippen LogP contribution >= 0.6 is 0 Å². The molecular weight excluding hydrogens is 310 g/mol. The van der Waals surface area contributed by atoms with Crippen molar-refractivity contribution in [1.29, 1.82) is 0 Å².